The van der Waals surface area contributed by atoms with Gasteiger partial charge in [-0.2, -0.15) is 0 Å². The Morgan fingerprint density at radius 1 is 1.41 bits per heavy atom. The largest absolute Gasteiger partial charge is 0.376 e. The van der Waals surface area contributed by atoms with Crippen LogP contribution in [0.2, 0.25) is 0 Å². The Bertz CT molecular complexity index is 404. The first kappa shape index (κ1) is 12.6. The first-order chi connectivity index (χ1) is 8.09. The number of carbonyl (C=O) groups is 1. The molecule has 4 heteroatoms. The zero-order valence-corrected chi connectivity index (χ0v) is 11.6. The quantitative estimate of drug-likeness (QED) is 0.840. The summed E-state index contributed by atoms with van der Waals surface area (Å²) in [5.74, 6) is 0.0554. The van der Waals surface area contributed by atoms with Crippen molar-refractivity contribution in [2.45, 2.75) is 25.5 Å². The van der Waals surface area contributed by atoms with Gasteiger partial charge in [-0.15, -0.1) is 0 Å². The molecule has 17 heavy (non-hydrogen) atoms. The van der Waals surface area contributed by atoms with Gasteiger partial charge in [-0.25, -0.2) is 0 Å². The second kappa shape index (κ2) is 5.19. The molecule has 0 radical (unpaired) electrons. The molecule has 1 aliphatic rings. The Hall–Kier alpha value is -0.870. The molecule has 2 rings (SSSR count). The lowest BCUT2D eigenvalue weighted by Gasteiger charge is -2.26. The standard InChI is InChI=1S/C13H16BrNO2/c1-9-12(7-8-17-9)15(2)13(16)10-3-5-11(14)6-4-10/h3-6,9,12H,7-8H2,1-2H3. The molecule has 1 aromatic carbocycles. The fourth-order valence-electron chi connectivity index (χ4n) is 2.18. The van der Waals surface area contributed by atoms with Crippen LogP contribution in [0, 0.1) is 0 Å². The molecule has 92 valence electrons. The minimum atomic E-state index is 0.0554. The highest BCUT2D eigenvalue weighted by Gasteiger charge is 2.30. The first-order valence-electron chi connectivity index (χ1n) is 5.74. The lowest BCUT2D eigenvalue weighted by molar-refractivity contribution is 0.0574. The minimum Gasteiger partial charge on any atom is -0.376 e. The summed E-state index contributed by atoms with van der Waals surface area (Å²) in [5.41, 5.74) is 0.717. The number of rotatable bonds is 2. The van der Waals surface area contributed by atoms with Gasteiger partial charge < -0.3 is 9.64 Å². The van der Waals surface area contributed by atoms with Crippen molar-refractivity contribution < 1.29 is 9.53 Å². The number of likely N-dealkylation sites (N-methyl/N-ethyl adjacent to an activating group) is 1. The fourth-order valence-corrected chi connectivity index (χ4v) is 2.44. The van der Waals surface area contributed by atoms with Crippen LogP contribution in [-0.2, 0) is 4.74 Å². The predicted octanol–water partition coefficient (Wildman–Crippen LogP) is 2.70. The molecule has 1 saturated heterocycles. The molecule has 0 aromatic heterocycles. The van der Waals surface area contributed by atoms with Crippen LogP contribution in [-0.4, -0.2) is 36.6 Å². The van der Waals surface area contributed by atoms with E-state index in [-0.39, 0.29) is 18.1 Å². The Labute approximate surface area is 110 Å². The van der Waals surface area contributed by atoms with Gasteiger partial charge in [0.05, 0.1) is 12.1 Å². The van der Waals surface area contributed by atoms with E-state index in [0.29, 0.717) is 0 Å². The summed E-state index contributed by atoms with van der Waals surface area (Å²) in [7, 11) is 1.85. The summed E-state index contributed by atoms with van der Waals surface area (Å²) in [6.45, 7) is 2.76. The highest BCUT2D eigenvalue weighted by atomic mass is 79.9. The molecule has 1 aliphatic heterocycles. The molecule has 0 bridgehead atoms. The molecule has 2 unspecified atom stereocenters. The van der Waals surface area contributed by atoms with Crippen LogP contribution >= 0.6 is 15.9 Å². The van der Waals surface area contributed by atoms with Crippen molar-refractivity contribution in [3.63, 3.8) is 0 Å². The van der Waals surface area contributed by atoms with E-state index in [0.717, 1.165) is 23.1 Å². The van der Waals surface area contributed by atoms with Crippen LogP contribution in [0.5, 0.6) is 0 Å². The zero-order chi connectivity index (χ0) is 12.4. The summed E-state index contributed by atoms with van der Waals surface area (Å²) in [4.78, 5) is 14.0. The molecular weight excluding hydrogens is 282 g/mol. The van der Waals surface area contributed by atoms with Gasteiger partial charge in [-0.1, -0.05) is 15.9 Å². The molecule has 2 atom stereocenters. The van der Waals surface area contributed by atoms with Crippen molar-refractivity contribution in [2.24, 2.45) is 0 Å². The molecule has 1 fully saturated rings. The maximum Gasteiger partial charge on any atom is 0.253 e. The number of hydrogen-bond acceptors (Lipinski definition) is 2. The number of ether oxygens (including phenoxy) is 1. The maximum absolute atomic E-state index is 12.2. The van der Waals surface area contributed by atoms with Crippen molar-refractivity contribution in [2.75, 3.05) is 13.7 Å². The zero-order valence-electron chi connectivity index (χ0n) is 10.0. The van der Waals surface area contributed by atoms with Crippen molar-refractivity contribution in [1.29, 1.82) is 0 Å². The molecule has 0 aliphatic carbocycles. The van der Waals surface area contributed by atoms with E-state index in [1.807, 2.05) is 38.2 Å². The van der Waals surface area contributed by atoms with Gasteiger partial charge in [-0.05, 0) is 37.6 Å². The molecular formula is C13H16BrNO2. The summed E-state index contributed by atoms with van der Waals surface area (Å²) in [6, 6.07) is 7.63. The SMILES string of the molecule is CC1OCCC1N(C)C(=O)c1ccc(Br)cc1. The summed E-state index contributed by atoms with van der Waals surface area (Å²) >= 11 is 3.36. The van der Waals surface area contributed by atoms with E-state index < -0.39 is 0 Å². The van der Waals surface area contributed by atoms with Crippen LogP contribution in [0.25, 0.3) is 0 Å². The molecule has 0 spiro atoms. The molecule has 0 saturated carbocycles. The Morgan fingerprint density at radius 3 is 2.59 bits per heavy atom. The number of halogens is 1. The third-order valence-electron chi connectivity index (χ3n) is 3.25. The smallest absolute Gasteiger partial charge is 0.253 e. The molecule has 1 aromatic rings. The number of benzene rings is 1. The minimum absolute atomic E-state index is 0.0554. The van der Waals surface area contributed by atoms with Crippen LogP contribution in [0.1, 0.15) is 23.7 Å². The molecule has 0 N–H and O–H groups in total. The van der Waals surface area contributed by atoms with Crippen molar-refractivity contribution in [3.8, 4) is 0 Å². The van der Waals surface area contributed by atoms with Gasteiger partial charge in [0.2, 0.25) is 0 Å². The maximum atomic E-state index is 12.2. The van der Waals surface area contributed by atoms with E-state index in [9.17, 15) is 4.79 Å². The first-order valence-corrected chi connectivity index (χ1v) is 6.53. The number of amides is 1. The highest BCUT2D eigenvalue weighted by Crippen LogP contribution is 2.20. The second-order valence-electron chi connectivity index (χ2n) is 4.35. The van der Waals surface area contributed by atoms with Gasteiger partial charge in [0.1, 0.15) is 0 Å². The van der Waals surface area contributed by atoms with Crippen LogP contribution in [0.4, 0.5) is 0 Å². The van der Waals surface area contributed by atoms with Gasteiger partial charge >= 0.3 is 0 Å². The van der Waals surface area contributed by atoms with E-state index >= 15 is 0 Å². The van der Waals surface area contributed by atoms with E-state index in [1.54, 1.807) is 4.90 Å². The number of hydrogen-bond donors (Lipinski definition) is 0. The third kappa shape index (κ3) is 2.69. The van der Waals surface area contributed by atoms with Gasteiger partial charge in [0, 0.05) is 23.7 Å². The number of nitrogens with zero attached hydrogens (tertiary/aromatic N) is 1. The Kier molecular flexibility index (Phi) is 3.84. The van der Waals surface area contributed by atoms with Crippen LogP contribution in [0.15, 0.2) is 28.7 Å². The second-order valence-corrected chi connectivity index (χ2v) is 5.27. The molecule has 1 amide bonds. The highest BCUT2D eigenvalue weighted by molar-refractivity contribution is 9.10. The van der Waals surface area contributed by atoms with Crippen LogP contribution < -0.4 is 0 Å². The summed E-state index contributed by atoms with van der Waals surface area (Å²) in [5, 5.41) is 0. The summed E-state index contributed by atoms with van der Waals surface area (Å²) < 4.78 is 6.47. The summed E-state index contributed by atoms with van der Waals surface area (Å²) in [6.07, 6.45) is 1.04. The van der Waals surface area contributed by atoms with Gasteiger partial charge in [-0.3, -0.25) is 4.79 Å². The molecule has 1 heterocycles. The lowest BCUT2D eigenvalue weighted by atomic mass is 10.1. The number of carbonyl (C=O) groups excluding carboxylic acids is 1. The average Bonchev–Trinajstić information content (AvgIpc) is 2.74. The van der Waals surface area contributed by atoms with Crippen molar-refractivity contribution in [3.05, 3.63) is 34.3 Å². The van der Waals surface area contributed by atoms with Crippen molar-refractivity contribution in [1.82, 2.24) is 4.90 Å². The topological polar surface area (TPSA) is 29.5 Å². The predicted molar refractivity (Wildman–Crippen MR) is 70.1 cm³/mol. The normalized spacial score (nSPS) is 23.7. The lowest BCUT2D eigenvalue weighted by Crippen LogP contribution is -2.40. The van der Waals surface area contributed by atoms with E-state index in [2.05, 4.69) is 15.9 Å². The van der Waals surface area contributed by atoms with E-state index in [4.69, 9.17) is 4.74 Å². The third-order valence-corrected chi connectivity index (χ3v) is 3.77. The Balaban J connectivity index is 2.11. The van der Waals surface area contributed by atoms with Gasteiger partial charge in [0.25, 0.3) is 5.91 Å². The fraction of sp³-hybridized carbons (Fsp3) is 0.462. The van der Waals surface area contributed by atoms with E-state index in [1.165, 1.54) is 0 Å². The monoisotopic (exact) mass is 297 g/mol. The average molecular weight is 298 g/mol. The van der Waals surface area contributed by atoms with Gasteiger partial charge in [0.15, 0.2) is 0 Å². The Morgan fingerprint density at radius 2 is 2.06 bits per heavy atom. The molecule has 3 nitrogen and oxygen atoms in total. The van der Waals surface area contributed by atoms with Crippen LogP contribution in [0.3, 0.4) is 0 Å². The van der Waals surface area contributed by atoms with Crippen molar-refractivity contribution >= 4 is 21.8 Å².